The SMILES string of the molecule is O=C1[C@H]2CN(Cc3ccccc3)C[C@H]2CCN1c1ccc(OC(F)(F)F)cc1. The van der Waals surface area contributed by atoms with Crippen LogP contribution in [0.4, 0.5) is 18.9 Å². The fourth-order valence-corrected chi connectivity index (χ4v) is 4.19. The number of hydrogen-bond acceptors (Lipinski definition) is 3. The number of carbonyl (C=O) groups is 1. The molecule has 0 radical (unpaired) electrons. The van der Waals surface area contributed by atoms with Crippen LogP contribution in [-0.2, 0) is 11.3 Å². The number of fused-ring (bicyclic) bond motifs is 1. The van der Waals surface area contributed by atoms with Gasteiger partial charge >= 0.3 is 6.36 Å². The highest BCUT2D eigenvalue weighted by Gasteiger charge is 2.43. The van der Waals surface area contributed by atoms with E-state index in [0.29, 0.717) is 24.7 Å². The molecule has 4 nitrogen and oxygen atoms in total. The van der Waals surface area contributed by atoms with E-state index in [1.807, 2.05) is 18.2 Å². The Morgan fingerprint density at radius 2 is 1.71 bits per heavy atom. The first kappa shape index (κ1) is 18.8. The number of benzene rings is 2. The number of amides is 1. The Morgan fingerprint density at radius 1 is 1.00 bits per heavy atom. The van der Waals surface area contributed by atoms with Crippen LogP contribution >= 0.6 is 0 Å². The van der Waals surface area contributed by atoms with Crippen LogP contribution in [0.25, 0.3) is 0 Å². The minimum Gasteiger partial charge on any atom is -0.406 e. The smallest absolute Gasteiger partial charge is 0.406 e. The average Bonchev–Trinajstić information content (AvgIpc) is 3.06. The van der Waals surface area contributed by atoms with Crippen LogP contribution in [0.1, 0.15) is 12.0 Å². The van der Waals surface area contributed by atoms with Gasteiger partial charge in [-0.05, 0) is 42.2 Å². The molecule has 28 heavy (non-hydrogen) atoms. The molecule has 2 atom stereocenters. The van der Waals surface area contributed by atoms with Crippen LogP contribution in [0, 0.1) is 11.8 Å². The molecule has 2 fully saturated rings. The molecule has 148 valence electrons. The Balaban J connectivity index is 1.42. The van der Waals surface area contributed by atoms with Crippen molar-refractivity contribution in [1.82, 2.24) is 4.90 Å². The van der Waals surface area contributed by atoms with Crippen LogP contribution in [-0.4, -0.2) is 36.8 Å². The second-order valence-corrected chi connectivity index (χ2v) is 7.37. The Labute approximate surface area is 161 Å². The molecule has 0 N–H and O–H groups in total. The monoisotopic (exact) mass is 390 g/mol. The van der Waals surface area contributed by atoms with E-state index < -0.39 is 6.36 Å². The van der Waals surface area contributed by atoms with Crippen LogP contribution in [0.5, 0.6) is 5.75 Å². The first-order valence-electron chi connectivity index (χ1n) is 9.32. The molecule has 2 heterocycles. The van der Waals surface area contributed by atoms with Crippen LogP contribution < -0.4 is 9.64 Å². The molecule has 2 aromatic rings. The Hall–Kier alpha value is -2.54. The van der Waals surface area contributed by atoms with Gasteiger partial charge < -0.3 is 9.64 Å². The number of alkyl halides is 3. The molecule has 7 heteroatoms. The molecule has 1 amide bonds. The van der Waals surface area contributed by atoms with Gasteiger partial charge in [-0.2, -0.15) is 0 Å². The van der Waals surface area contributed by atoms with Crippen molar-refractivity contribution >= 4 is 11.6 Å². The van der Waals surface area contributed by atoms with Gasteiger partial charge in [-0.25, -0.2) is 0 Å². The molecule has 0 unspecified atom stereocenters. The van der Waals surface area contributed by atoms with Gasteiger partial charge in [0, 0.05) is 31.9 Å². The third-order valence-electron chi connectivity index (χ3n) is 5.45. The van der Waals surface area contributed by atoms with Gasteiger partial charge in [0.1, 0.15) is 5.75 Å². The minimum absolute atomic E-state index is 0.0521. The first-order valence-corrected chi connectivity index (χ1v) is 9.32. The van der Waals surface area contributed by atoms with Gasteiger partial charge in [0.05, 0.1) is 5.92 Å². The van der Waals surface area contributed by atoms with E-state index in [1.165, 1.54) is 29.8 Å². The van der Waals surface area contributed by atoms with Gasteiger partial charge in [-0.1, -0.05) is 30.3 Å². The summed E-state index contributed by atoms with van der Waals surface area (Å²) in [6.07, 6.45) is -3.83. The van der Waals surface area contributed by atoms with Crippen molar-refractivity contribution in [2.75, 3.05) is 24.5 Å². The highest BCUT2D eigenvalue weighted by Crippen LogP contribution is 2.35. The Kier molecular flexibility index (Phi) is 5.02. The lowest BCUT2D eigenvalue weighted by Crippen LogP contribution is -2.45. The zero-order valence-corrected chi connectivity index (χ0v) is 15.2. The highest BCUT2D eigenvalue weighted by atomic mass is 19.4. The number of halogens is 3. The van der Waals surface area contributed by atoms with Gasteiger partial charge in [-0.3, -0.25) is 9.69 Å². The number of anilines is 1. The largest absolute Gasteiger partial charge is 0.573 e. The molecule has 2 aliphatic rings. The Morgan fingerprint density at radius 3 is 2.39 bits per heavy atom. The maximum atomic E-state index is 13.0. The summed E-state index contributed by atoms with van der Waals surface area (Å²) in [5.74, 6) is 0.0358. The molecule has 0 aliphatic carbocycles. The molecular formula is C21H21F3N2O2. The van der Waals surface area contributed by atoms with E-state index in [9.17, 15) is 18.0 Å². The number of hydrogen-bond donors (Lipinski definition) is 0. The third-order valence-corrected chi connectivity index (χ3v) is 5.45. The maximum absolute atomic E-state index is 13.0. The lowest BCUT2D eigenvalue weighted by Gasteiger charge is -2.34. The second-order valence-electron chi connectivity index (χ2n) is 7.37. The van der Waals surface area contributed by atoms with E-state index in [2.05, 4.69) is 21.8 Å². The van der Waals surface area contributed by atoms with E-state index in [4.69, 9.17) is 0 Å². The van der Waals surface area contributed by atoms with Crippen molar-refractivity contribution in [2.24, 2.45) is 11.8 Å². The summed E-state index contributed by atoms with van der Waals surface area (Å²) in [5, 5.41) is 0. The molecule has 0 aromatic heterocycles. The summed E-state index contributed by atoms with van der Waals surface area (Å²) in [7, 11) is 0. The molecule has 0 bridgehead atoms. The number of likely N-dealkylation sites (tertiary alicyclic amines) is 1. The summed E-state index contributed by atoms with van der Waals surface area (Å²) in [6.45, 7) is 3.02. The van der Waals surface area contributed by atoms with Gasteiger partial charge in [-0.15, -0.1) is 13.2 Å². The van der Waals surface area contributed by atoms with Crippen molar-refractivity contribution in [1.29, 1.82) is 0 Å². The zero-order chi connectivity index (χ0) is 19.7. The lowest BCUT2D eigenvalue weighted by molar-refractivity contribution is -0.274. The number of ether oxygens (including phenoxy) is 1. The predicted molar refractivity (Wildman–Crippen MR) is 98.8 cm³/mol. The quantitative estimate of drug-likeness (QED) is 0.789. The normalized spacial score (nSPS) is 23.0. The minimum atomic E-state index is -4.72. The second kappa shape index (κ2) is 7.47. The molecule has 2 saturated heterocycles. The summed E-state index contributed by atoms with van der Waals surface area (Å²) < 4.78 is 40.8. The van der Waals surface area contributed by atoms with Crippen LogP contribution in [0.15, 0.2) is 54.6 Å². The van der Waals surface area contributed by atoms with Gasteiger partial charge in [0.25, 0.3) is 0 Å². The van der Waals surface area contributed by atoms with Crippen molar-refractivity contribution < 1.29 is 22.7 Å². The van der Waals surface area contributed by atoms with Crippen LogP contribution in [0.3, 0.4) is 0 Å². The van der Waals surface area contributed by atoms with E-state index >= 15 is 0 Å². The zero-order valence-electron chi connectivity index (χ0n) is 15.2. The summed E-state index contributed by atoms with van der Waals surface area (Å²) >= 11 is 0. The third kappa shape index (κ3) is 4.14. The molecule has 2 aromatic carbocycles. The average molecular weight is 390 g/mol. The van der Waals surface area contributed by atoms with Gasteiger partial charge in [0.2, 0.25) is 5.91 Å². The van der Waals surface area contributed by atoms with Crippen molar-refractivity contribution in [3.05, 3.63) is 60.2 Å². The number of piperidine rings is 1. The number of carbonyl (C=O) groups excluding carboxylic acids is 1. The molecule has 0 spiro atoms. The summed E-state index contributed by atoms with van der Waals surface area (Å²) in [4.78, 5) is 17.0. The van der Waals surface area contributed by atoms with Crippen LogP contribution in [0.2, 0.25) is 0 Å². The summed E-state index contributed by atoms with van der Waals surface area (Å²) in [6, 6.07) is 15.7. The number of nitrogens with zero attached hydrogens (tertiary/aromatic N) is 2. The topological polar surface area (TPSA) is 32.8 Å². The number of rotatable bonds is 4. The predicted octanol–water partition coefficient (Wildman–Crippen LogP) is 4.07. The highest BCUT2D eigenvalue weighted by molar-refractivity contribution is 5.96. The van der Waals surface area contributed by atoms with E-state index in [1.54, 1.807) is 4.90 Å². The Bertz CT molecular complexity index is 824. The summed E-state index contributed by atoms with van der Waals surface area (Å²) in [5.41, 5.74) is 1.84. The maximum Gasteiger partial charge on any atom is 0.573 e. The van der Waals surface area contributed by atoms with E-state index in [0.717, 1.165) is 19.5 Å². The van der Waals surface area contributed by atoms with Gasteiger partial charge in [0.15, 0.2) is 0 Å². The first-order chi connectivity index (χ1) is 13.4. The molecular weight excluding hydrogens is 369 g/mol. The fraction of sp³-hybridized carbons (Fsp3) is 0.381. The fourth-order valence-electron chi connectivity index (χ4n) is 4.19. The molecule has 4 rings (SSSR count). The molecule has 0 saturated carbocycles. The molecule has 2 aliphatic heterocycles. The standard InChI is InChI=1S/C21H21F3N2O2/c22-21(23,24)28-18-8-6-17(7-9-18)26-11-10-16-13-25(14-19(16)20(26)27)12-15-4-2-1-3-5-15/h1-9,16,19H,10-14H2/t16-,19+/m1/s1. The van der Waals surface area contributed by atoms with E-state index in [-0.39, 0.29) is 17.6 Å². The van der Waals surface area contributed by atoms with Crippen molar-refractivity contribution in [2.45, 2.75) is 19.3 Å². The van der Waals surface area contributed by atoms with Crippen molar-refractivity contribution in [3.8, 4) is 5.75 Å². The van der Waals surface area contributed by atoms with Crippen molar-refractivity contribution in [3.63, 3.8) is 0 Å². The lowest BCUT2D eigenvalue weighted by atomic mass is 9.87.